The molecule has 8 heavy (non-hydrogen) atoms. The van der Waals surface area contributed by atoms with Crippen molar-refractivity contribution in [2.75, 3.05) is 6.61 Å². The van der Waals surface area contributed by atoms with Gasteiger partial charge in [0.15, 0.2) is 0 Å². The Hall–Kier alpha value is -0.300. The SMILES string of the molecule is CC1(C)C=CC1CO. The Morgan fingerprint density at radius 2 is 2.25 bits per heavy atom. The van der Waals surface area contributed by atoms with Crippen molar-refractivity contribution in [3.63, 3.8) is 0 Å². The zero-order valence-electron chi connectivity index (χ0n) is 5.39. The third-order valence-corrected chi connectivity index (χ3v) is 1.91. The van der Waals surface area contributed by atoms with Gasteiger partial charge in [-0.15, -0.1) is 0 Å². The Morgan fingerprint density at radius 1 is 1.62 bits per heavy atom. The first-order chi connectivity index (χ1) is 3.67. The molecule has 46 valence electrons. The van der Waals surface area contributed by atoms with Crippen LogP contribution < -0.4 is 0 Å². The Labute approximate surface area is 50.0 Å². The van der Waals surface area contributed by atoms with Crippen molar-refractivity contribution in [1.29, 1.82) is 0 Å². The van der Waals surface area contributed by atoms with Crippen LogP contribution in [0, 0.1) is 11.3 Å². The van der Waals surface area contributed by atoms with Crippen LogP contribution in [0.3, 0.4) is 0 Å². The topological polar surface area (TPSA) is 20.2 Å². The summed E-state index contributed by atoms with van der Waals surface area (Å²) in [6, 6.07) is 0. The summed E-state index contributed by atoms with van der Waals surface area (Å²) in [5, 5.41) is 8.67. The minimum atomic E-state index is 0.259. The lowest BCUT2D eigenvalue weighted by Crippen LogP contribution is -2.30. The fraction of sp³-hybridized carbons (Fsp3) is 0.714. The number of allylic oxidation sites excluding steroid dienone is 1. The second-order valence-electron chi connectivity index (χ2n) is 2.97. The molecule has 1 N–H and O–H groups in total. The lowest BCUT2D eigenvalue weighted by Gasteiger charge is -2.35. The highest BCUT2D eigenvalue weighted by Gasteiger charge is 2.30. The lowest BCUT2D eigenvalue weighted by molar-refractivity contribution is 0.164. The highest BCUT2D eigenvalue weighted by atomic mass is 16.3. The van der Waals surface area contributed by atoms with Gasteiger partial charge in [-0.3, -0.25) is 0 Å². The molecule has 0 heterocycles. The first kappa shape index (κ1) is 5.83. The number of aliphatic hydroxyl groups excluding tert-OH is 1. The molecule has 1 rings (SSSR count). The zero-order chi connectivity index (χ0) is 6.20. The van der Waals surface area contributed by atoms with E-state index in [0.717, 1.165) is 0 Å². The monoisotopic (exact) mass is 112 g/mol. The van der Waals surface area contributed by atoms with Crippen molar-refractivity contribution in [2.24, 2.45) is 11.3 Å². The molecule has 0 amide bonds. The van der Waals surface area contributed by atoms with Gasteiger partial charge in [-0.25, -0.2) is 0 Å². The molecule has 0 spiro atoms. The minimum absolute atomic E-state index is 0.259. The molecule has 0 aromatic rings. The third-order valence-electron chi connectivity index (χ3n) is 1.91. The van der Waals surface area contributed by atoms with Gasteiger partial charge >= 0.3 is 0 Å². The van der Waals surface area contributed by atoms with Crippen molar-refractivity contribution < 1.29 is 5.11 Å². The predicted molar refractivity (Wildman–Crippen MR) is 33.5 cm³/mol. The summed E-state index contributed by atoms with van der Waals surface area (Å²) in [7, 11) is 0. The van der Waals surface area contributed by atoms with Crippen LogP contribution in [0.5, 0.6) is 0 Å². The molecule has 1 nitrogen and oxygen atoms in total. The fourth-order valence-electron chi connectivity index (χ4n) is 0.913. The van der Waals surface area contributed by atoms with Gasteiger partial charge in [0.25, 0.3) is 0 Å². The maximum absolute atomic E-state index is 8.67. The molecule has 0 saturated heterocycles. The summed E-state index contributed by atoms with van der Waals surface area (Å²) in [5.41, 5.74) is 0.259. The van der Waals surface area contributed by atoms with Gasteiger partial charge in [-0.05, 0) is 5.41 Å². The molecule has 0 bridgehead atoms. The molecule has 1 unspecified atom stereocenters. The molecule has 0 saturated carbocycles. The van der Waals surface area contributed by atoms with Crippen molar-refractivity contribution in [3.8, 4) is 0 Å². The van der Waals surface area contributed by atoms with Crippen LogP contribution in [0.1, 0.15) is 13.8 Å². The van der Waals surface area contributed by atoms with Crippen LogP contribution >= 0.6 is 0 Å². The standard InChI is InChI=1S/C7H12O/c1-7(2)4-3-6(7)5-8/h3-4,6,8H,5H2,1-2H3. The molecule has 1 atom stereocenters. The van der Waals surface area contributed by atoms with Crippen LogP contribution in [0.25, 0.3) is 0 Å². The van der Waals surface area contributed by atoms with E-state index in [9.17, 15) is 0 Å². The van der Waals surface area contributed by atoms with Crippen LogP contribution in [0.15, 0.2) is 12.2 Å². The summed E-state index contributed by atoms with van der Waals surface area (Å²) in [6.07, 6.45) is 4.19. The first-order valence-electron chi connectivity index (χ1n) is 2.97. The number of aliphatic hydroxyl groups is 1. The molecule has 0 fully saturated rings. The van der Waals surface area contributed by atoms with Gasteiger partial charge in [0.05, 0.1) is 6.61 Å². The van der Waals surface area contributed by atoms with Gasteiger partial charge in [0, 0.05) is 5.92 Å². The molecule has 0 aliphatic heterocycles. The van der Waals surface area contributed by atoms with Crippen molar-refractivity contribution in [1.82, 2.24) is 0 Å². The first-order valence-corrected chi connectivity index (χ1v) is 2.97. The van der Waals surface area contributed by atoms with Crippen LogP contribution in [-0.4, -0.2) is 11.7 Å². The molecular formula is C7H12O. The molecule has 1 aliphatic carbocycles. The summed E-state index contributed by atoms with van der Waals surface area (Å²) in [4.78, 5) is 0. The molecule has 1 heteroatoms. The fourth-order valence-corrected chi connectivity index (χ4v) is 0.913. The molecule has 1 aliphatic rings. The smallest absolute Gasteiger partial charge is 0.0501 e. The predicted octanol–water partition coefficient (Wildman–Crippen LogP) is 1.19. The Bertz CT molecular complexity index is 114. The highest BCUT2D eigenvalue weighted by Crippen LogP contribution is 2.37. The normalized spacial score (nSPS) is 32.1. The summed E-state index contributed by atoms with van der Waals surface area (Å²) < 4.78 is 0. The largest absolute Gasteiger partial charge is 0.396 e. The van der Waals surface area contributed by atoms with E-state index in [1.165, 1.54) is 0 Å². The van der Waals surface area contributed by atoms with Crippen LogP contribution in [0.4, 0.5) is 0 Å². The average molecular weight is 112 g/mol. The molecule has 0 aromatic carbocycles. The third kappa shape index (κ3) is 0.671. The van der Waals surface area contributed by atoms with E-state index >= 15 is 0 Å². The molecule has 0 radical (unpaired) electrons. The second-order valence-corrected chi connectivity index (χ2v) is 2.97. The van der Waals surface area contributed by atoms with Crippen molar-refractivity contribution in [2.45, 2.75) is 13.8 Å². The zero-order valence-corrected chi connectivity index (χ0v) is 5.39. The molecule has 0 aromatic heterocycles. The van der Waals surface area contributed by atoms with Gasteiger partial charge in [-0.2, -0.15) is 0 Å². The van der Waals surface area contributed by atoms with Gasteiger partial charge < -0.3 is 5.11 Å². The number of rotatable bonds is 1. The lowest BCUT2D eigenvalue weighted by atomic mass is 9.70. The van der Waals surface area contributed by atoms with E-state index in [0.29, 0.717) is 12.5 Å². The summed E-state index contributed by atoms with van der Waals surface area (Å²) >= 11 is 0. The second kappa shape index (κ2) is 1.59. The Balaban J connectivity index is 2.54. The minimum Gasteiger partial charge on any atom is -0.396 e. The van der Waals surface area contributed by atoms with E-state index < -0.39 is 0 Å². The summed E-state index contributed by atoms with van der Waals surface area (Å²) in [5.74, 6) is 0.405. The van der Waals surface area contributed by atoms with E-state index in [4.69, 9.17) is 5.11 Å². The number of hydrogen-bond acceptors (Lipinski definition) is 1. The van der Waals surface area contributed by atoms with Crippen LogP contribution in [0.2, 0.25) is 0 Å². The van der Waals surface area contributed by atoms with E-state index in [1.807, 2.05) is 0 Å². The van der Waals surface area contributed by atoms with Crippen molar-refractivity contribution >= 4 is 0 Å². The molecular weight excluding hydrogens is 100 g/mol. The van der Waals surface area contributed by atoms with E-state index in [-0.39, 0.29) is 5.41 Å². The summed E-state index contributed by atoms with van der Waals surface area (Å²) in [6.45, 7) is 4.56. The Kier molecular flexibility index (Phi) is 1.16. The Morgan fingerprint density at radius 3 is 2.25 bits per heavy atom. The van der Waals surface area contributed by atoms with Crippen molar-refractivity contribution in [3.05, 3.63) is 12.2 Å². The van der Waals surface area contributed by atoms with Gasteiger partial charge in [0.2, 0.25) is 0 Å². The van der Waals surface area contributed by atoms with E-state index in [2.05, 4.69) is 26.0 Å². The maximum atomic E-state index is 8.67. The van der Waals surface area contributed by atoms with Gasteiger partial charge in [0.1, 0.15) is 0 Å². The highest BCUT2D eigenvalue weighted by molar-refractivity contribution is 5.14. The van der Waals surface area contributed by atoms with Gasteiger partial charge in [-0.1, -0.05) is 26.0 Å². The van der Waals surface area contributed by atoms with E-state index in [1.54, 1.807) is 0 Å². The number of hydrogen-bond donors (Lipinski definition) is 1. The quantitative estimate of drug-likeness (QED) is 0.505. The van der Waals surface area contributed by atoms with Crippen LogP contribution in [-0.2, 0) is 0 Å². The average Bonchev–Trinajstić information content (AvgIpc) is 1.66. The maximum Gasteiger partial charge on any atom is 0.0501 e.